The van der Waals surface area contributed by atoms with E-state index in [1.54, 1.807) is 0 Å². The summed E-state index contributed by atoms with van der Waals surface area (Å²) in [6.45, 7) is 8.03. The molecule has 1 heterocycles. The summed E-state index contributed by atoms with van der Waals surface area (Å²) < 4.78 is 5.36. The third kappa shape index (κ3) is 2.68. The lowest BCUT2D eigenvalue weighted by Crippen LogP contribution is -2.39. The van der Waals surface area contributed by atoms with Gasteiger partial charge in [0.05, 0.1) is 5.60 Å². The highest BCUT2D eigenvalue weighted by Crippen LogP contribution is 2.33. The summed E-state index contributed by atoms with van der Waals surface area (Å²) in [6, 6.07) is 0. The molecule has 1 aliphatic heterocycles. The molecule has 0 aromatic carbocycles. The average molecular weight is 186 g/mol. The SMILES string of the molecule is CC(C)C(C)C1(O)CCCOCC1. The molecular weight excluding hydrogens is 164 g/mol. The predicted molar refractivity (Wildman–Crippen MR) is 53.6 cm³/mol. The first-order valence-electron chi connectivity index (χ1n) is 5.36. The van der Waals surface area contributed by atoms with E-state index in [9.17, 15) is 5.11 Å². The Kier molecular flexibility index (Phi) is 3.74. The Bertz CT molecular complexity index is 146. The van der Waals surface area contributed by atoms with Crippen LogP contribution in [-0.4, -0.2) is 23.9 Å². The summed E-state index contributed by atoms with van der Waals surface area (Å²) in [5.74, 6) is 0.914. The van der Waals surface area contributed by atoms with Gasteiger partial charge in [-0.05, 0) is 31.1 Å². The molecule has 0 aromatic heterocycles. The van der Waals surface area contributed by atoms with E-state index >= 15 is 0 Å². The first-order valence-corrected chi connectivity index (χ1v) is 5.36. The normalized spacial score (nSPS) is 33.0. The third-order valence-electron chi connectivity index (χ3n) is 3.43. The van der Waals surface area contributed by atoms with Gasteiger partial charge in [0, 0.05) is 13.2 Å². The minimum absolute atomic E-state index is 0.370. The standard InChI is InChI=1S/C11H22O2/c1-9(2)10(3)11(12)5-4-7-13-8-6-11/h9-10,12H,4-8H2,1-3H3. The van der Waals surface area contributed by atoms with Gasteiger partial charge in [0.1, 0.15) is 0 Å². The van der Waals surface area contributed by atoms with Crippen molar-refractivity contribution in [1.82, 2.24) is 0 Å². The van der Waals surface area contributed by atoms with Gasteiger partial charge in [0.25, 0.3) is 0 Å². The largest absolute Gasteiger partial charge is 0.390 e. The molecule has 0 bridgehead atoms. The molecule has 1 rings (SSSR count). The molecule has 0 radical (unpaired) electrons. The Labute approximate surface area is 81.3 Å². The lowest BCUT2D eigenvalue weighted by atomic mass is 9.77. The lowest BCUT2D eigenvalue weighted by Gasteiger charge is -2.35. The van der Waals surface area contributed by atoms with Gasteiger partial charge >= 0.3 is 0 Å². The molecule has 2 heteroatoms. The number of ether oxygens (including phenoxy) is 1. The first-order chi connectivity index (χ1) is 6.06. The molecule has 0 amide bonds. The van der Waals surface area contributed by atoms with E-state index < -0.39 is 5.60 Å². The van der Waals surface area contributed by atoms with Gasteiger partial charge in [-0.3, -0.25) is 0 Å². The maximum absolute atomic E-state index is 10.4. The van der Waals surface area contributed by atoms with E-state index in [2.05, 4.69) is 20.8 Å². The molecule has 1 saturated heterocycles. The maximum Gasteiger partial charge on any atom is 0.0698 e. The third-order valence-corrected chi connectivity index (χ3v) is 3.43. The highest BCUT2D eigenvalue weighted by molar-refractivity contribution is 4.86. The minimum Gasteiger partial charge on any atom is -0.390 e. The first kappa shape index (κ1) is 11.0. The van der Waals surface area contributed by atoms with Crippen molar-refractivity contribution in [1.29, 1.82) is 0 Å². The molecule has 0 aliphatic carbocycles. The van der Waals surface area contributed by atoms with Gasteiger partial charge in [-0.25, -0.2) is 0 Å². The topological polar surface area (TPSA) is 29.5 Å². The van der Waals surface area contributed by atoms with Gasteiger partial charge < -0.3 is 9.84 Å². The Morgan fingerprint density at radius 2 is 1.85 bits per heavy atom. The fourth-order valence-electron chi connectivity index (χ4n) is 2.03. The second-order valence-electron chi connectivity index (χ2n) is 4.60. The van der Waals surface area contributed by atoms with Crippen LogP contribution in [0.4, 0.5) is 0 Å². The van der Waals surface area contributed by atoms with E-state index in [0.717, 1.165) is 25.9 Å². The summed E-state index contributed by atoms with van der Waals surface area (Å²) in [6.07, 6.45) is 2.69. The monoisotopic (exact) mass is 186 g/mol. The van der Waals surface area contributed by atoms with Crippen LogP contribution in [0.5, 0.6) is 0 Å². The van der Waals surface area contributed by atoms with Crippen LogP contribution >= 0.6 is 0 Å². The van der Waals surface area contributed by atoms with Crippen molar-refractivity contribution in [3.8, 4) is 0 Å². The number of rotatable bonds is 2. The van der Waals surface area contributed by atoms with Crippen molar-refractivity contribution < 1.29 is 9.84 Å². The highest BCUT2D eigenvalue weighted by atomic mass is 16.5. The van der Waals surface area contributed by atoms with E-state index in [0.29, 0.717) is 18.4 Å². The molecule has 1 aliphatic rings. The van der Waals surface area contributed by atoms with Gasteiger partial charge in [-0.15, -0.1) is 0 Å². The molecule has 0 spiro atoms. The van der Waals surface area contributed by atoms with Crippen LogP contribution < -0.4 is 0 Å². The summed E-state index contributed by atoms with van der Waals surface area (Å²) in [7, 11) is 0. The van der Waals surface area contributed by atoms with Crippen LogP contribution in [0.1, 0.15) is 40.0 Å². The van der Waals surface area contributed by atoms with Crippen LogP contribution in [0.15, 0.2) is 0 Å². The van der Waals surface area contributed by atoms with Gasteiger partial charge in [0.15, 0.2) is 0 Å². The maximum atomic E-state index is 10.4. The molecule has 2 atom stereocenters. The number of hydrogen-bond acceptors (Lipinski definition) is 2. The molecule has 0 saturated carbocycles. The van der Waals surface area contributed by atoms with Crippen molar-refractivity contribution in [2.45, 2.75) is 45.6 Å². The van der Waals surface area contributed by atoms with E-state index in [1.165, 1.54) is 0 Å². The second-order valence-corrected chi connectivity index (χ2v) is 4.60. The van der Waals surface area contributed by atoms with Crippen molar-refractivity contribution >= 4 is 0 Å². The molecular formula is C11H22O2. The van der Waals surface area contributed by atoms with Crippen LogP contribution in [0, 0.1) is 11.8 Å². The Morgan fingerprint density at radius 1 is 1.15 bits per heavy atom. The molecule has 2 unspecified atom stereocenters. The fraction of sp³-hybridized carbons (Fsp3) is 1.00. The smallest absolute Gasteiger partial charge is 0.0698 e. The Hall–Kier alpha value is -0.0800. The van der Waals surface area contributed by atoms with Crippen LogP contribution in [0.2, 0.25) is 0 Å². The summed E-state index contributed by atoms with van der Waals surface area (Å²) in [5, 5.41) is 10.4. The summed E-state index contributed by atoms with van der Waals surface area (Å²) in [5.41, 5.74) is -0.481. The van der Waals surface area contributed by atoms with E-state index in [-0.39, 0.29) is 0 Å². The lowest BCUT2D eigenvalue weighted by molar-refractivity contribution is -0.0447. The molecule has 1 N–H and O–H groups in total. The van der Waals surface area contributed by atoms with Crippen molar-refractivity contribution in [3.63, 3.8) is 0 Å². The van der Waals surface area contributed by atoms with Gasteiger partial charge in [-0.2, -0.15) is 0 Å². The zero-order valence-corrected chi connectivity index (χ0v) is 9.05. The molecule has 2 nitrogen and oxygen atoms in total. The second kappa shape index (κ2) is 4.43. The quantitative estimate of drug-likeness (QED) is 0.716. The van der Waals surface area contributed by atoms with Gasteiger partial charge in [-0.1, -0.05) is 20.8 Å². The van der Waals surface area contributed by atoms with Crippen LogP contribution in [0.25, 0.3) is 0 Å². The van der Waals surface area contributed by atoms with E-state index in [1.807, 2.05) is 0 Å². The molecule has 1 fully saturated rings. The Balaban J connectivity index is 2.60. The van der Waals surface area contributed by atoms with Crippen LogP contribution in [-0.2, 0) is 4.74 Å². The summed E-state index contributed by atoms with van der Waals surface area (Å²) >= 11 is 0. The predicted octanol–water partition coefficient (Wildman–Crippen LogP) is 2.21. The van der Waals surface area contributed by atoms with Crippen molar-refractivity contribution in [3.05, 3.63) is 0 Å². The summed E-state index contributed by atoms with van der Waals surface area (Å²) in [4.78, 5) is 0. The number of hydrogen-bond donors (Lipinski definition) is 1. The number of aliphatic hydroxyl groups is 1. The van der Waals surface area contributed by atoms with E-state index in [4.69, 9.17) is 4.74 Å². The Morgan fingerprint density at radius 3 is 2.46 bits per heavy atom. The average Bonchev–Trinajstić information content (AvgIpc) is 2.29. The zero-order valence-electron chi connectivity index (χ0n) is 9.05. The van der Waals surface area contributed by atoms with Crippen molar-refractivity contribution in [2.75, 3.05) is 13.2 Å². The highest BCUT2D eigenvalue weighted by Gasteiger charge is 2.35. The minimum atomic E-state index is -0.481. The molecule has 0 aromatic rings. The molecule has 13 heavy (non-hydrogen) atoms. The fourth-order valence-corrected chi connectivity index (χ4v) is 2.03. The van der Waals surface area contributed by atoms with Gasteiger partial charge in [0.2, 0.25) is 0 Å². The van der Waals surface area contributed by atoms with Crippen LogP contribution in [0.3, 0.4) is 0 Å². The van der Waals surface area contributed by atoms with Crippen molar-refractivity contribution in [2.24, 2.45) is 11.8 Å². The zero-order chi connectivity index (χ0) is 9.90. The molecule has 78 valence electrons.